The molecule has 2 heterocycles. The zero-order valence-corrected chi connectivity index (χ0v) is 17.5. The van der Waals surface area contributed by atoms with Crippen LogP contribution in [-0.2, 0) is 12.6 Å². The van der Waals surface area contributed by atoms with Gasteiger partial charge in [-0.25, -0.2) is 9.13 Å². The fourth-order valence-electron chi connectivity index (χ4n) is 4.25. The minimum Gasteiger partial charge on any atom is -0.347 e. The SMILES string of the molecule is Cc1ccccc1C(C)(C)N1C=CN(c2c[n+](C(C)C)c(C)n2C)[C@H]1C. The van der Waals surface area contributed by atoms with Crippen LogP contribution in [0.4, 0.5) is 5.82 Å². The molecule has 0 spiro atoms. The molecule has 0 saturated carbocycles. The predicted molar refractivity (Wildman–Crippen MR) is 108 cm³/mol. The number of benzene rings is 1. The maximum atomic E-state index is 2.46. The van der Waals surface area contributed by atoms with Crippen LogP contribution in [-0.4, -0.2) is 15.6 Å². The first-order chi connectivity index (χ1) is 12.2. The molecular weight excluding hydrogens is 320 g/mol. The summed E-state index contributed by atoms with van der Waals surface area (Å²) >= 11 is 0. The summed E-state index contributed by atoms with van der Waals surface area (Å²) in [5.74, 6) is 2.50. The first kappa shape index (κ1) is 18.6. The maximum absolute atomic E-state index is 2.46. The second-order valence-corrected chi connectivity index (χ2v) is 8.21. The summed E-state index contributed by atoms with van der Waals surface area (Å²) in [6.07, 6.45) is 6.97. The van der Waals surface area contributed by atoms with E-state index < -0.39 is 0 Å². The van der Waals surface area contributed by atoms with E-state index >= 15 is 0 Å². The van der Waals surface area contributed by atoms with Crippen LogP contribution < -0.4 is 9.47 Å². The minimum atomic E-state index is -0.0791. The summed E-state index contributed by atoms with van der Waals surface area (Å²) in [6.45, 7) is 15.7. The Morgan fingerprint density at radius 3 is 2.31 bits per heavy atom. The van der Waals surface area contributed by atoms with Crippen LogP contribution >= 0.6 is 0 Å². The topological polar surface area (TPSA) is 15.3 Å². The van der Waals surface area contributed by atoms with Crippen LogP contribution in [0.1, 0.15) is 57.6 Å². The van der Waals surface area contributed by atoms with Crippen molar-refractivity contribution in [1.29, 1.82) is 0 Å². The van der Waals surface area contributed by atoms with Gasteiger partial charge in [0.1, 0.15) is 6.17 Å². The number of aryl methyl sites for hydroxylation is 1. The van der Waals surface area contributed by atoms with Crippen LogP contribution in [0, 0.1) is 13.8 Å². The molecule has 1 atom stereocenters. The van der Waals surface area contributed by atoms with Crippen molar-refractivity contribution in [1.82, 2.24) is 9.47 Å². The average Bonchev–Trinajstić information content (AvgIpc) is 3.09. The van der Waals surface area contributed by atoms with Crippen molar-refractivity contribution in [2.75, 3.05) is 4.90 Å². The molecule has 0 N–H and O–H groups in total. The van der Waals surface area contributed by atoms with E-state index in [1.54, 1.807) is 0 Å². The van der Waals surface area contributed by atoms with Crippen molar-refractivity contribution in [2.24, 2.45) is 7.05 Å². The lowest BCUT2D eigenvalue weighted by molar-refractivity contribution is -0.721. The molecule has 0 bridgehead atoms. The molecule has 0 amide bonds. The third-order valence-corrected chi connectivity index (χ3v) is 5.92. The lowest BCUT2D eigenvalue weighted by Gasteiger charge is -2.41. The summed E-state index contributed by atoms with van der Waals surface area (Å²) in [5, 5.41) is 0. The monoisotopic (exact) mass is 353 g/mol. The number of hydrogen-bond donors (Lipinski definition) is 0. The Morgan fingerprint density at radius 2 is 1.73 bits per heavy atom. The van der Waals surface area contributed by atoms with Gasteiger partial charge < -0.3 is 4.90 Å². The molecule has 140 valence electrons. The standard InChI is InChI=1S/C22H33N4/c1-16(2)25-15-21(23(8)18(25)4)24-13-14-26(19(24)5)22(6,7)20-12-10-9-11-17(20)3/h9-16,19H,1-8H3/q+1/t19-/m1/s1. The van der Waals surface area contributed by atoms with Gasteiger partial charge in [-0.3, -0.25) is 4.90 Å². The van der Waals surface area contributed by atoms with Gasteiger partial charge in [0.15, 0.2) is 6.20 Å². The summed E-state index contributed by atoms with van der Waals surface area (Å²) in [6, 6.07) is 9.15. The van der Waals surface area contributed by atoms with Crippen molar-refractivity contribution < 1.29 is 4.57 Å². The molecule has 1 aromatic heterocycles. The number of nitrogens with zero attached hydrogens (tertiary/aromatic N) is 4. The van der Waals surface area contributed by atoms with E-state index in [2.05, 4.69) is 117 Å². The predicted octanol–water partition coefficient (Wildman–Crippen LogP) is 4.38. The lowest BCUT2D eigenvalue weighted by Crippen LogP contribution is -2.46. The average molecular weight is 354 g/mol. The van der Waals surface area contributed by atoms with E-state index in [-0.39, 0.29) is 11.7 Å². The fraction of sp³-hybridized carbons (Fsp3) is 0.500. The minimum absolute atomic E-state index is 0.0791. The molecule has 0 fully saturated rings. The molecule has 0 radical (unpaired) electrons. The Balaban J connectivity index is 1.94. The van der Waals surface area contributed by atoms with Gasteiger partial charge in [0.25, 0.3) is 5.82 Å². The van der Waals surface area contributed by atoms with Crippen molar-refractivity contribution in [2.45, 2.75) is 66.2 Å². The highest BCUT2D eigenvalue weighted by Gasteiger charge is 2.38. The molecule has 3 rings (SSSR count). The van der Waals surface area contributed by atoms with Crippen LogP contribution in [0.25, 0.3) is 0 Å². The zero-order valence-electron chi connectivity index (χ0n) is 17.5. The third-order valence-electron chi connectivity index (χ3n) is 5.92. The van der Waals surface area contributed by atoms with Gasteiger partial charge >= 0.3 is 0 Å². The zero-order chi connectivity index (χ0) is 19.2. The second-order valence-electron chi connectivity index (χ2n) is 8.21. The summed E-state index contributed by atoms with van der Waals surface area (Å²) in [4.78, 5) is 4.82. The second kappa shape index (κ2) is 6.49. The molecule has 4 heteroatoms. The van der Waals surface area contributed by atoms with Gasteiger partial charge in [-0.1, -0.05) is 24.3 Å². The van der Waals surface area contributed by atoms with E-state index in [9.17, 15) is 0 Å². The quantitative estimate of drug-likeness (QED) is 0.758. The van der Waals surface area contributed by atoms with Gasteiger partial charge in [-0.05, 0) is 52.7 Å². The number of aromatic nitrogens is 2. The molecule has 4 nitrogen and oxygen atoms in total. The summed E-state index contributed by atoms with van der Waals surface area (Å²) < 4.78 is 4.62. The lowest BCUT2D eigenvalue weighted by atomic mass is 9.88. The Kier molecular flexibility index (Phi) is 4.63. The van der Waals surface area contributed by atoms with Crippen LogP contribution in [0.5, 0.6) is 0 Å². The molecule has 1 aliphatic rings. The van der Waals surface area contributed by atoms with E-state index in [1.165, 1.54) is 22.8 Å². The summed E-state index contributed by atoms with van der Waals surface area (Å²) in [5.41, 5.74) is 2.63. The largest absolute Gasteiger partial charge is 0.347 e. The van der Waals surface area contributed by atoms with Crippen LogP contribution in [0.3, 0.4) is 0 Å². The van der Waals surface area contributed by atoms with Crippen molar-refractivity contribution in [3.05, 3.63) is 59.8 Å². The van der Waals surface area contributed by atoms with E-state index in [0.29, 0.717) is 6.04 Å². The van der Waals surface area contributed by atoms with Crippen molar-refractivity contribution >= 4 is 5.82 Å². The molecule has 0 unspecified atom stereocenters. The van der Waals surface area contributed by atoms with Crippen molar-refractivity contribution in [3.63, 3.8) is 0 Å². The van der Waals surface area contributed by atoms with Gasteiger partial charge in [0.2, 0.25) is 5.82 Å². The highest BCUT2D eigenvalue weighted by Crippen LogP contribution is 2.37. The summed E-state index contributed by atoms with van der Waals surface area (Å²) in [7, 11) is 2.15. The highest BCUT2D eigenvalue weighted by molar-refractivity contribution is 5.45. The molecule has 0 aliphatic carbocycles. The highest BCUT2D eigenvalue weighted by atomic mass is 15.4. The number of hydrogen-bond acceptors (Lipinski definition) is 2. The first-order valence-corrected chi connectivity index (χ1v) is 9.55. The van der Waals surface area contributed by atoms with E-state index in [0.717, 1.165) is 0 Å². The Hall–Kier alpha value is -2.23. The van der Waals surface area contributed by atoms with Crippen LogP contribution in [0.2, 0.25) is 0 Å². The number of anilines is 1. The van der Waals surface area contributed by atoms with E-state index in [4.69, 9.17) is 0 Å². The van der Waals surface area contributed by atoms with Gasteiger partial charge in [0, 0.05) is 19.3 Å². The van der Waals surface area contributed by atoms with Crippen molar-refractivity contribution in [3.8, 4) is 0 Å². The molecule has 1 aliphatic heterocycles. The molecular formula is C22H33N4+. The number of imidazole rings is 1. The normalized spacial score (nSPS) is 17.7. The Bertz CT molecular complexity index is 829. The molecule has 26 heavy (non-hydrogen) atoms. The molecule has 2 aromatic rings. The van der Waals surface area contributed by atoms with Crippen LogP contribution in [0.15, 0.2) is 42.9 Å². The van der Waals surface area contributed by atoms with E-state index in [1.807, 2.05) is 0 Å². The van der Waals surface area contributed by atoms with Gasteiger partial charge in [-0.2, -0.15) is 0 Å². The fourth-order valence-corrected chi connectivity index (χ4v) is 4.25. The Morgan fingerprint density at radius 1 is 1.08 bits per heavy atom. The number of rotatable bonds is 4. The molecule has 0 saturated heterocycles. The maximum Gasteiger partial charge on any atom is 0.254 e. The smallest absolute Gasteiger partial charge is 0.254 e. The molecule has 1 aromatic carbocycles. The Labute approximate surface area is 158 Å². The van der Waals surface area contributed by atoms with Gasteiger partial charge in [0.05, 0.1) is 18.6 Å². The first-order valence-electron chi connectivity index (χ1n) is 9.55. The van der Waals surface area contributed by atoms with Gasteiger partial charge in [-0.15, -0.1) is 0 Å². The third kappa shape index (κ3) is 2.81.